The van der Waals surface area contributed by atoms with Gasteiger partial charge in [0.25, 0.3) is 0 Å². The highest BCUT2D eigenvalue weighted by Crippen LogP contribution is 2.31. The zero-order valence-electron chi connectivity index (χ0n) is 12.1. The fourth-order valence-electron chi connectivity index (χ4n) is 2.05. The van der Waals surface area contributed by atoms with Gasteiger partial charge >= 0.3 is 0 Å². The molecular formula is C16H17ClFNO2. The molecule has 0 aliphatic heterocycles. The van der Waals surface area contributed by atoms with Crippen molar-refractivity contribution < 1.29 is 13.9 Å². The van der Waals surface area contributed by atoms with Gasteiger partial charge in [-0.05, 0) is 42.8 Å². The highest BCUT2D eigenvalue weighted by atomic mass is 35.5. The van der Waals surface area contributed by atoms with Crippen LogP contribution in [0.3, 0.4) is 0 Å². The molecule has 0 radical (unpaired) electrons. The summed E-state index contributed by atoms with van der Waals surface area (Å²) in [5.41, 5.74) is 1.36. The molecule has 2 aromatic carbocycles. The Balaban J connectivity index is 2.21. The standard InChI is InChI=1S/C16H17ClFNO2/c1-10(19-14-6-5-12(17)9-13(14)18)11-4-7-15(20-2)16(8-11)21-3/h4-10,19H,1-3H3. The van der Waals surface area contributed by atoms with Gasteiger partial charge < -0.3 is 14.8 Å². The summed E-state index contributed by atoms with van der Waals surface area (Å²) in [6.07, 6.45) is 0. The van der Waals surface area contributed by atoms with Gasteiger partial charge in [-0.15, -0.1) is 0 Å². The van der Waals surface area contributed by atoms with Crippen LogP contribution in [-0.4, -0.2) is 14.2 Å². The minimum Gasteiger partial charge on any atom is -0.493 e. The molecule has 2 aromatic rings. The average Bonchev–Trinajstić information content (AvgIpc) is 2.49. The monoisotopic (exact) mass is 309 g/mol. The van der Waals surface area contributed by atoms with Crippen molar-refractivity contribution in [2.75, 3.05) is 19.5 Å². The van der Waals surface area contributed by atoms with Gasteiger partial charge in [-0.1, -0.05) is 17.7 Å². The van der Waals surface area contributed by atoms with E-state index in [0.717, 1.165) is 5.56 Å². The van der Waals surface area contributed by atoms with Crippen LogP contribution < -0.4 is 14.8 Å². The van der Waals surface area contributed by atoms with Gasteiger partial charge in [-0.25, -0.2) is 4.39 Å². The summed E-state index contributed by atoms with van der Waals surface area (Å²) < 4.78 is 24.3. The van der Waals surface area contributed by atoms with Gasteiger partial charge in [0.05, 0.1) is 19.9 Å². The summed E-state index contributed by atoms with van der Waals surface area (Å²) in [5, 5.41) is 3.48. The number of hydrogen-bond donors (Lipinski definition) is 1. The Hall–Kier alpha value is -1.94. The van der Waals surface area contributed by atoms with Crippen LogP contribution in [0.1, 0.15) is 18.5 Å². The molecule has 0 fully saturated rings. The maximum atomic E-state index is 13.8. The minimum absolute atomic E-state index is 0.0968. The molecule has 5 heteroatoms. The molecule has 0 amide bonds. The summed E-state index contributed by atoms with van der Waals surface area (Å²) >= 11 is 5.75. The second-order valence-electron chi connectivity index (χ2n) is 4.60. The van der Waals surface area contributed by atoms with E-state index in [1.165, 1.54) is 6.07 Å². The van der Waals surface area contributed by atoms with Crippen LogP contribution in [0.25, 0.3) is 0 Å². The SMILES string of the molecule is COc1ccc(C(C)Nc2ccc(Cl)cc2F)cc1OC. The van der Waals surface area contributed by atoms with E-state index in [0.29, 0.717) is 22.2 Å². The van der Waals surface area contributed by atoms with Crippen molar-refractivity contribution in [3.8, 4) is 11.5 Å². The second-order valence-corrected chi connectivity index (χ2v) is 5.04. The van der Waals surface area contributed by atoms with Crippen molar-refractivity contribution in [3.63, 3.8) is 0 Å². The summed E-state index contributed by atoms with van der Waals surface area (Å²) in [5.74, 6) is 0.918. The van der Waals surface area contributed by atoms with E-state index < -0.39 is 0 Å². The first-order valence-corrected chi connectivity index (χ1v) is 6.86. The largest absolute Gasteiger partial charge is 0.493 e. The summed E-state index contributed by atoms with van der Waals surface area (Å²) in [4.78, 5) is 0. The van der Waals surface area contributed by atoms with Gasteiger partial charge in [0.15, 0.2) is 11.5 Å². The second kappa shape index (κ2) is 6.68. The number of halogens is 2. The van der Waals surface area contributed by atoms with E-state index in [1.54, 1.807) is 26.4 Å². The van der Waals surface area contributed by atoms with Crippen LogP contribution in [0.15, 0.2) is 36.4 Å². The van der Waals surface area contributed by atoms with Gasteiger partial charge in [0, 0.05) is 11.1 Å². The molecule has 0 heterocycles. The smallest absolute Gasteiger partial charge is 0.161 e. The molecule has 112 valence electrons. The fraction of sp³-hybridized carbons (Fsp3) is 0.250. The van der Waals surface area contributed by atoms with Crippen LogP contribution in [0.5, 0.6) is 11.5 Å². The Labute approximate surface area is 128 Å². The van der Waals surface area contributed by atoms with Crippen molar-refractivity contribution in [2.45, 2.75) is 13.0 Å². The number of ether oxygens (including phenoxy) is 2. The van der Waals surface area contributed by atoms with E-state index >= 15 is 0 Å². The van der Waals surface area contributed by atoms with Gasteiger partial charge in [-0.2, -0.15) is 0 Å². The highest BCUT2D eigenvalue weighted by molar-refractivity contribution is 6.30. The number of nitrogens with one attached hydrogen (secondary N) is 1. The molecule has 3 nitrogen and oxygen atoms in total. The number of anilines is 1. The van der Waals surface area contributed by atoms with Crippen molar-refractivity contribution >= 4 is 17.3 Å². The zero-order chi connectivity index (χ0) is 15.4. The van der Waals surface area contributed by atoms with Crippen molar-refractivity contribution in [2.24, 2.45) is 0 Å². The third-order valence-corrected chi connectivity index (χ3v) is 3.45. The highest BCUT2D eigenvalue weighted by Gasteiger charge is 2.12. The molecule has 1 atom stereocenters. The van der Waals surface area contributed by atoms with Gasteiger partial charge in [0.1, 0.15) is 5.82 Å². The maximum Gasteiger partial charge on any atom is 0.161 e. The number of benzene rings is 2. The molecule has 21 heavy (non-hydrogen) atoms. The van der Waals surface area contributed by atoms with E-state index in [4.69, 9.17) is 21.1 Å². The first-order valence-electron chi connectivity index (χ1n) is 6.48. The van der Waals surface area contributed by atoms with E-state index in [-0.39, 0.29) is 11.9 Å². The van der Waals surface area contributed by atoms with Crippen LogP contribution in [0, 0.1) is 5.82 Å². The average molecular weight is 310 g/mol. The molecule has 1 unspecified atom stereocenters. The summed E-state index contributed by atoms with van der Waals surface area (Å²) in [7, 11) is 3.17. The Kier molecular flexibility index (Phi) is 4.91. The molecular weight excluding hydrogens is 293 g/mol. The van der Waals surface area contributed by atoms with Crippen LogP contribution in [0.4, 0.5) is 10.1 Å². The van der Waals surface area contributed by atoms with E-state index in [1.807, 2.05) is 25.1 Å². The van der Waals surface area contributed by atoms with Gasteiger partial charge in [-0.3, -0.25) is 0 Å². The molecule has 2 rings (SSSR count). The minimum atomic E-state index is -0.380. The fourth-order valence-corrected chi connectivity index (χ4v) is 2.20. The molecule has 0 spiro atoms. The Morgan fingerprint density at radius 3 is 2.38 bits per heavy atom. The van der Waals surface area contributed by atoms with Gasteiger partial charge in [0.2, 0.25) is 0 Å². The molecule has 0 aliphatic carbocycles. The Morgan fingerprint density at radius 2 is 1.76 bits per heavy atom. The third-order valence-electron chi connectivity index (χ3n) is 3.21. The molecule has 0 bridgehead atoms. The van der Waals surface area contributed by atoms with Crippen molar-refractivity contribution in [3.05, 3.63) is 52.8 Å². The lowest BCUT2D eigenvalue weighted by Gasteiger charge is -2.18. The van der Waals surface area contributed by atoms with Crippen LogP contribution in [0.2, 0.25) is 5.02 Å². The van der Waals surface area contributed by atoms with E-state index in [9.17, 15) is 4.39 Å². The number of hydrogen-bond acceptors (Lipinski definition) is 3. The van der Waals surface area contributed by atoms with Crippen molar-refractivity contribution in [1.29, 1.82) is 0 Å². The lowest BCUT2D eigenvalue weighted by molar-refractivity contribution is 0.354. The maximum absolute atomic E-state index is 13.8. The van der Waals surface area contributed by atoms with Crippen molar-refractivity contribution in [1.82, 2.24) is 0 Å². The van der Waals surface area contributed by atoms with Crippen LogP contribution in [-0.2, 0) is 0 Å². The number of methoxy groups -OCH3 is 2. The Morgan fingerprint density at radius 1 is 1.05 bits per heavy atom. The third kappa shape index (κ3) is 3.58. The predicted octanol–water partition coefficient (Wildman–Crippen LogP) is 4.67. The predicted molar refractivity (Wildman–Crippen MR) is 83.0 cm³/mol. The lowest BCUT2D eigenvalue weighted by Crippen LogP contribution is -2.08. The first-order chi connectivity index (χ1) is 10.0. The quantitative estimate of drug-likeness (QED) is 0.870. The molecule has 0 saturated carbocycles. The molecule has 1 N–H and O–H groups in total. The lowest BCUT2D eigenvalue weighted by atomic mass is 10.1. The zero-order valence-corrected chi connectivity index (χ0v) is 12.9. The number of rotatable bonds is 5. The first kappa shape index (κ1) is 15.4. The Bertz CT molecular complexity index is 634. The summed E-state index contributed by atoms with van der Waals surface area (Å²) in [6.45, 7) is 1.94. The molecule has 0 aromatic heterocycles. The van der Waals surface area contributed by atoms with Crippen LogP contribution >= 0.6 is 11.6 Å². The normalized spacial score (nSPS) is 11.9. The topological polar surface area (TPSA) is 30.5 Å². The molecule has 0 aliphatic rings. The van der Waals surface area contributed by atoms with E-state index in [2.05, 4.69) is 5.32 Å². The summed E-state index contributed by atoms with van der Waals surface area (Å²) in [6, 6.07) is 10.1. The molecule has 0 saturated heterocycles.